The molecule has 2 unspecified atom stereocenters. The lowest BCUT2D eigenvalue weighted by molar-refractivity contribution is 0.222. The van der Waals surface area contributed by atoms with Crippen molar-refractivity contribution in [2.75, 3.05) is 40.3 Å². The van der Waals surface area contributed by atoms with E-state index in [9.17, 15) is 0 Å². The molecule has 0 spiro atoms. The summed E-state index contributed by atoms with van der Waals surface area (Å²) in [7, 11) is 3.45. The summed E-state index contributed by atoms with van der Waals surface area (Å²) >= 11 is 0. The van der Waals surface area contributed by atoms with Crippen molar-refractivity contribution in [2.45, 2.75) is 52.7 Å². The van der Waals surface area contributed by atoms with Crippen molar-refractivity contribution >= 4 is 5.96 Å². The van der Waals surface area contributed by atoms with Crippen molar-refractivity contribution in [1.29, 1.82) is 0 Å². The Bertz CT molecular complexity index is 547. The Morgan fingerprint density at radius 1 is 1.19 bits per heavy atom. The molecular weight excluding hydrogens is 340 g/mol. The van der Waals surface area contributed by atoms with Crippen LogP contribution in [-0.2, 0) is 0 Å². The van der Waals surface area contributed by atoms with Crippen LogP contribution in [0.15, 0.2) is 29.3 Å². The van der Waals surface area contributed by atoms with E-state index in [2.05, 4.69) is 41.3 Å². The Balaban J connectivity index is 2.33. The number of guanidine groups is 1. The molecule has 0 bridgehead atoms. The van der Waals surface area contributed by atoms with Crippen LogP contribution in [0.2, 0.25) is 0 Å². The second-order valence-electron chi connectivity index (χ2n) is 6.78. The summed E-state index contributed by atoms with van der Waals surface area (Å²) in [5.74, 6) is 2.41. The van der Waals surface area contributed by atoms with Crippen molar-refractivity contribution in [3.63, 3.8) is 0 Å². The molecule has 0 radical (unpaired) electrons. The molecule has 6 heteroatoms. The molecular formula is C21H38N4O2. The van der Waals surface area contributed by atoms with Crippen molar-refractivity contribution in [3.8, 4) is 11.5 Å². The molecule has 0 fully saturated rings. The van der Waals surface area contributed by atoms with Crippen LogP contribution in [0.3, 0.4) is 0 Å². The molecule has 2 atom stereocenters. The van der Waals surface area contributed by atoms with Crippen LogP contribution >= 0.6 is 0 Å². The van der Waals surface area contributed by atoms with E-state index < -0.39 is 0 Å². The number of hydrogen-bond acceptors (Lipinski definition) is 4. The van der Waals surface area contributed by atoms with Gasteiger partial charge in [-0.2, -0.15) is 0 Å². The predicted octanol–water partition coefficient (Wildman–Crippen LogP) is 3.14. The molecule has 1 aromatic rings. The topological polar surface area (TPSA) is 58.1 Å². The first-order chi connectivity index (χ1) is 13.0. The molecule has 0 aliphatic heterocycles. The molecule has 0 saturated heterocycles. The van der Waals surface area contributed by atoms with E-state index in [-0.39, 0.29) is 6.10 Å². The van der Waals surface area contributed by atoms with Gasteiger partial charge < -0.3 is 25.0 Å². The highest BCUT2D eigenvalue weighted by Gasteiger charge is 2.09. The first-order valence-electron chi connectivity index (χ1n) is 10.0. The maximum atomic E-state index is 5.94. The van der Waals surface area contributed by atoms with Crippen LogP contribution < -0.4 is 20.1 Å². The molecule has 0 amide bonds. The maximum Gasteiger partial charge on any atom is 0.191 e. The van der Waals surface area contributed by atoms with Crippen LogP contribution in [0.1, 0.15) is 40.5 Å². The van der Waals surface area contributed by atoms with Crippen LogP contribution in [0, 0.1) is 0 Å². The highest BCUT2D eigenvalue weighted by atomic mass is 16.5. The number of nitrogens with one attached hydrogen (secondary N) is 2. The average Bonchev–Trinajstić information content (AvgIpc) is 2.68. The van der Waals surface area contributed by atoms with Gasteiger partial charge in [-0.05, 0) is 58.5 Å². The lowest BCUT2D eigenvalue weighted by Gasteiger charge is -2.22. The minimum absolute atomic E-state index is 0.00799. The first-order valence-corrected chi connectivity index (χ1v) is 10.0. The Morgan fingerprint density at radius 3 is 2.52 bits per heavy atom. The Hall–Kier alpha value is -1.95. The van der Waals surface area contributed by atoms with E-state index in [4.69, 9.17) is 9.47 Å². The normalized spacial score (nSPS) is 14.0. The maximum absolute atomic E-state index is 5.94. The first kappa shape index (κ1) is 23.1. The predicted molar refractivity (Wildman–Crippen MR) is 114 cm³/mol. The summed E-state index contributed by atoms with van der Waals surface area (Å²) in [6, 6.07) is 8.03. The van der Waals surface area contributed by atoms with Gasteiger partial charge in [0.2, 0.25) is 0 Å². The van der Waals surface area contributed by atoms with E-state index in [0.29, 0.717) is 12.6 Å². The summed E-state index contributed by atoms with van der Waals surface area (Å²) in [4.78, 5) is 6.77. The fourth-order valence-electron chi connectivity index (χ4n) is 2.85. The summed E-state index contributed by atoms with van der Waals surface area (Å²) < 4.78 is 11.2. The van der Waals surface area contributed by atoms with Crippen LogP contribution in [0.25, 0.3) is 0 Å². The zero-order valence-corrected chi connectivity index (χ0v) is 17.9. The number of nitrogens with zero attached hydrogens (tertiary/aromatic N) is 2. The Morgan fingerprint density at radius 2 is 1.89 bits per heavy atom. The van der Waals surface area contributed by atoms with Gasteiger partial charge in [0, 0.05) is 19.2 Å². The van der Waals surface area contributed by atoms with E-state index >= 15 is 0 Å². The molecule has 1 rings (SSSR count). The number of methoxy groups -OCH3 is 1. The third-order valence-electron chi connectivity index (χ3n) is 4.55. The van der Waals surface area contributed by atoms with Gasteiger partial charge in [-0.15, -0.1) is 0 Å². The van der Waals surface area contributed by atoms with Gasteiger partial charge >= 0.3 is 0 Å². The third-order valence-corrected chi connectivity index (χ3v) is 4.55. The minimum Gasteiger partial charge on any atom is -0.497 e. The van der Waals surface area contributed by atoms with Gasteiger partial charge in [-0.3, -0.25) is 4.99 Å². The lowest BCUT2D eigenvalue weighted by Crippen LogP contribution is -2.45. The SMILES string of the molecule is CCN(CC)CCCC(C)NC(=NC)NCC(C)Oc1cccc(OC)c1. The van der Waals surface area contributed by atoms with Gasteiger partial charge in [-0.25, -0.2) is 0 Å². The molecule has 154 valence electrons. The van der Waals surface area contributed by atoms with Gasteiger partial charge in [-0.1, -0.05) is 19.9 Å². The number of benzene rings is 1. The second-order valence-corrected chi connectivity index (χ2v) is 6.78. The highest BCUT2D eigenvalue weighted by Crippen LogP contribution is 2.19. The number of aliphatic imine (C=N–C) groups is 1. The molecule has 0 aliphatic rings. The second kappa shape index (κ2) is 13.3. The zero-order valence-electron chi connectivity index (χ0n) is 17.9. The molecule has 0 aromatic heterocycles. The van der Waals surface area contributed by atoms with Gasteiger partial charge in [0.05, 0.1) is 13.7 Å². The number of ether oxygens (including phenoxy) is 2. The number of hydrogen-bond donors (Lipinski definition) is 2. The van der Waals surface area contributed by atoms with Crippen LogP contribution in [0.4, 0.5) is 0 Å². The fourth-order valence-corrected chi connectivity index (χ4v) is 2.85. The van der Waals surface area contributed by atoms with E-state index in [1.54, 1.807) is 14.2 Å². The van der Waals surface area contributed by atoms with Crippen LogP contribution in [-0.4, -0.2) is 63.3 Å². The average molecular weight is 379 g/mol. The summed E-state index contributed by atoms with van der Waals surface area (Å²) in [5, 5.41) is 6.80. The van der Waals surface area contributed by atoms with Gasteiger partial charge in [0.25, 0.3) is 0 Å². The minimum atomic E-state index is 0.00799. The van der Waals surface area contributed by atoms with E-state index in [1.165, 1.54) is 6.42 Å². The van der Waals surface area contributed by atoms with E-state index in [1.807, 2.05) is 31.2 Å². The molecule has 0 saturated carbocycles. The smallest absolute Gasteiger partial charge is 0.191 e. The molecule has 0 aliphatic carbocycles. The van der Waals surface area contributed by atoms with Crippen molar-refractivity contribution in [3.05, 3.63) is 24.3 Å². The standard InChI is InChI=1S/C21H38N4O2/c1-7-25(8-2)14-10-11-17(3)24-21(22-5)23-16-18(4)27-20-13-9-12-19(15-20)26-6/h9,12-13,15,17-18H,7-8,10-11,14,16H2,1-6H3,(H2,22,23,24). The largest absolute Gasteiger partial charge is 0.497 e. The van der Waals surface area contributed by atoms with Gasteiger partial charge in [0.15, 0.2) is 5.96 Å². The summed E-state index contributed by atoms with van der Waals surface area (Å²) in [5.41, 5.74) is 0. The summed E-state index contributed by atoms with van der Waals surface area (Å²) in [6.07, 6.45) is 2.31. The lowest BCUT2D eigenvalue weighted by atomic mass is 10.2. The molecule has 2 N–H and O–H groups in total. The molecule has 1 aromatic carbocycles. The van der Waals surface area contributed by atoms with Crippen molar-refractivity contribution in [1.82, 2.24) is 15.5 Å². The zero-order chi connectivity index (χ0) is 20.1. The molecule has 0 heterocycles. The summed E-state index contributed by atoms with van der Waals surface area (Å²) in [6.45, 7) is 12.7. The van der Waals surface area contributed by atoms with E-state index in [0.717, 1.165) is 43.5 Å². The molecule has 27 heavy (non-hydrogen) atoms. The Kier molecular flexibility index (Phi) is 11.3. The monoisotopic (exact) mass is 378 g/mol. The number of rotatable bonds is 12. The molecule has 6 nitrogen and oxygen atoms in total. The van der Waals surface area contributed by atoms with Crippen LogP contribution in [0.5, 0.6) is 11.5 Å². The van der Waals surface area contributed by atoms with Gasteiger partial charge in [0.1, 0.15) is 17.6 Å². The third kappa shape index (κ3) is 9.52. The fraction of sp³-hybridized carbons (Fsp3) is 0.667. The quantitative estimate of drug-likeness (QED) is 0.432. The van der Waals surface area contributed by atoms with Crippen molar-refractivity contribution < 1.29 is 9.47 Å². The Labute approximate surface area is 165 Å². The van der Waals surface area contributed by atoms with Crippen molar-refractivity contribution in [2.24, 2.45) is 4.99 Å². The highest BCUT2D eigenvalue weighted by molar-refractivity contribution is 5.79.